The molecule has 0 unspecified atom stereocenters. The van der Waals surface area contributed by atoms with Gasteiger partial charge in [-0.3, -0.25) is 9.59 Å². The predicted octanol–water partition coefficient (Wildman–Crippen LogP) is 4.98. The fourth-order valence-corrected chi connectivity index (χ4v) is 4.18. The van der Waals surface area contributed by atoms with Crippen LogP contribution in [0.5, 0.6) is 0 Å². The molecule has 7 heteroatoms. The zero-order valence-electron chi connectivity index (χ0n) is 16.9. The molecule has 1 amide bonds. The topological polar surface area (TPSA) is 60.9 Å². The molecule has 1 N–H and O–H groups in total. The SMILES string of the molecule is CCN(CC)CCN1C(=O)C(=O)/C(=C(/O)c2ccc(Br)cc2)[C@H]1c1ccc(Br)cc1. The first-order chi connectivity index (χ1) is 14.4. The molecule has 0 radical (unpaired) electrons. The summed E-state index contributed by atoms with van der Waals surface area (Å²) in [5.41, 5.74) is 1.42. The summed E-state index contributed by atoms with van der Waals surface area (Å²) in [7, 11) is 0. The molecule has 0 bridgehead atoms. The van der Waals surface area contributed by atoms with Crippen LogP contribution in [-0.4, -0.2) is 52.8 Å². The Morgan fingerprint density at radius 3 is 2.03 bits per heavy atom. The van der Waals surface area contributed by atoms with Gasteiger partial charge >= 0.3 is 0 Å². The Hall–Kier alpha value is -1.96. The molecule has 1 heterocycles. The van der Waals surface area contributed by atoms with Gasteiger partial charge in [-0.05, 0) is 42.9 Å². The van der Waals surface area contributed by atoms with E-state index in [1.165, 1.54) is 0 Å². The van der Waals surface area contributed by atoms with Crippen LogP contribution in [0.3, 0.4) is 0 Å². The highest BCUT2D eigenvalue weighted by atomic mass is 79.9. The molecule has 1 fully saturated rings. The highest BCUT2D eigenvalue weighted by Gasteiger charge is 2.45. The number of halogens is 2. The standard InChI is InChI=1S/C23H24Br2N2O3/c1-3-26(4-2)13-14-27-20(15-5-9-17(24)10-6-15)19(22(29)23(27)30)21(28)16-7-11-18(25)12-8-16/h5-12,20,28H,3-4,13-14H2,1-2H3/b21-19+/t20-/m1/s1. The summed E-state index contributed by atoms with van der Waals surface area (Å²) in [6.45, 7) is 6.93. The number of rotatable bonds is 7. The summed E-state index contributed by atoms with van der Waals surface area (Å²) >= 11 is 6.80. The number of aliphatic hydroxyl groups excluding tert-OH is 1. The number of hydrogen-bond acceptors (Lipinski definition) is 4. The number of carbonyl (C=O) groups excluding carboxylic acids is 2. The van der Waals surface area contributed by atoms with Crippen molar-refractivity contribution in [3.8, 4) is 0 Å². The quantitative estimate of drug-likeness (QED) is 0.309. The summed E-state index contributed by atoms with van der Waals surface area (Å²) in [5, 5.41) is 11.0. The predicted molar refractivity (Wildman–Crippen MR) is 125 cm³/mol. The number of likely N-dealkylation sites (tertiary alicyclic amines) is 1. The zero-order valence-corrected chi connectivity index (χ0v) is 20.1. The van der Waals surface area contributed by atoms with Crippen LogP contribution < -0.4 is 0 Å². The molecule has 2 aromatic carbocycles. The highest BCUT2D eigenvalue weighted by Crippen LogP contribution is 2.39. The van der Waals surface area contributed by atoms with E-state index in [1.54, 1.807) is 29.2 Å². The first-order valence-electron chi connectivity index (χ1n) is 9.89. The lowest BCUT2D eigenvalue weighted by molar-refractivity contribution is -0.140. The fraction of sp³-hybridized carbons (Fsp3) is 0.304. The number of benzene rings is 2. The molecule has 30 heavy (non-hydrogen) atoms. The maximum Gasteiger partial charge on any atom is 0.295 e. The van der Waals surface area contributed by atoms with Gasteiger partial charge in [0.05, 0.1) is 11.6 Å². The van der Waals surface area contributed by atoms with Gasteiger partial charge in [-0.15, -0.1) is 0 Å². The van der Waals surface area contributed by atoms with Crippen molar-refractivity contribution in [2.75, 3.05) is 26.2 Å². The molecule has 0 saturated carbocycles. The van der Waals surface area contributed by atoms with Crippen molar-refractivity contribution in [3.63, 3.8) is 0 Å². The van der Waals surface area contributed by atoms with Crippen molar-refractivity contribution in [3.05, 3.63) is 74.2 Å². The van der Waals surface area contributed by atoms with Gasteiger partial charge in [0.2, 0.25) is 0 Å². The first-order valence-corrected chi connectivity index (χ1v) is 11.5. The van der Waals surface area contributed by atoms with Gasteiger partial charge in [0.25, 0.3) is 11.7 Å². The van der Waals surface area contributed by atoms with Crippen LogP contribution >= 0.6 is 31.9 Å². The summed E-state index contributed by atoms with van der Waals surface area (Å²) in [6, 6.07) is 13.9. The second-order valence-electron chi connectivity index (χ2n) is 7.08. The second kappa shape index (κ2) is 9.90. The summed E-state index contributed by atoms with van der Waals surface area (Å²) < 4.78 is 1.77. The Bertz CT molecular complexity index is 951. The van der Waals surface area contributed by atoms with E-state index in [4.69, 9.17) is 0 Å². The Balaban J connectivity index is 2.08. The number of Topliss-reactive ketones (excluding diaryl/α,β-unsaturated/α-hetero) is 1. The minimum Gasteiger partial charge on any atom is -0.507 e. The summed E-state index contributed by atoms with van der Waals surface area (Å²) in [4.78, 5) is 29.7. The Morgan fingerprint density at radius 2 is 1.50 bits per heavy atom. The molecule has 0 aliphatic carbocycles. The largest absolute Gasteiger partial charge is 0.507 e. The van der Waals surface area contributed by atoms with E-state index in [9.17, 15) is 14.7 Å². The van der Waals surface area contributed by atoms with Gasteiger partial charge in [0.15, 0.2) is 0 Å². The molecule has 158 valence electrons. The van der Waals surface area contributed by atoms with Gasteiger partial charge in [0.1, 0.15) is 5.76 Å². The second-order valence-corrected chi connectivity index (χ2v) is 8.91. The van der Waals surface area contributed by atoms with Crippen LogP contribution in [0.1, 0.15) is 31.0 Å². The van der Waals surface area contributed by atoms with Crippen molar-refractivity contribution in [2.45, 2.75) is 19.9 Å². The van der Waals surface area contributed by atoms with Crippen molar-refractivity contribution in [2.24, 2.45) is 0 Å². The molecule has 1 atom stereocenters. The summed E-state index contributed by atoms with van der Waals surface area (Å²) in [5.74, 6) is -1.38. The smallest absolute Gasteiger partial charge is 0.295 e. The van der Waals surface area contributed by atoms with Gasteiger partial charge in [-0.25, -0.2) is 0 Å². The lowest BCUT2D eigenvalue weighted by atomic mass is 9.95. The third kappa shape index (κ3) is 4.68. The molecule has 2 aromatic rings. The maximum atomic E-state index is 13.0. The molecule has 0 aromatic heterocycles. The van der Waals surface area contributed by atoms with Crippen molar-refractivity contribution < 1.29 is 14.7 Å². The van der Waals surface area contributed by atoms with Gasteiger partial charge in [-0.2, -0.15) is 0 Å². The van der Waals surface area contributed by atoms with E-state index < -0.39 is 17.7 Å². The van der Waals surface area contributed by atoms with Gasteiger partial charge in [0, 0.05) is 27.6 Å². The van der Waals surface area contributed by atoms with E-state index >= 15 is 0 Å². The Morgan fingerprint density at radius 1 is 0.967 bits per heavy atom. The zero-order chi connectivity index (χ0) is 21.8. The highest BCUT2D eigenvalue weighted by molar-refractivity contribution is 9.10. The normalized spacial score (nSPS) is 18.4. The van der Waals surface area contributed by atoms with Crippen LogP contribution in [0.25, 0.3) is 5.76 Å². The monoisotopic (exact) mass is 534 g/mol. The molecule has 0 spiro atoms. The van der Waals surface area contributed by atoms with Crippen LogP contribution in [0, 0.1) is 0 Å². The van der Waals surface area contributed by atoms with E-state index in [0.717, 1.165) is 27.6 Å². The van der Waals surface area contributed by atoms with Crippen LogP contribution in [0.2, 0.25) is 0 Å². The minimum atomic E-state index is -0.650. The minimum absolute atomic E-state index is 0.129. The van der Waals surface area contributed by atoms with Crippen molar-refractivity contribution >= 4 is 49.3 Å². The average Bonchev–Trinajstić information content (AvgIpc) is 3.00. The molecule has 3 rings (SSSR count). The number of carbonyl (C=O) groups is 2. The van der Waals surface area contributed by atoms with Crippen LogP contribution in [0.15, 0.2) is 63.0 Å². The molecule has 5 nitrogen and oxygen atoms in total. The van der Waals surface area contributed by atoms with Crippen molar-refractivity contribution in [1.82, 2.24) is 9.80 Å². The third-order valence-corrected chi connectivity index (χ3v) is 6.45. The van der Waals surface area contributed by atoms with E-state index in [1.807, 2.05) is 24.3 Å². The van der Waals surface area contributed by atoms with Crippen LogP contribution in [-0.2, 0) is 9.59 Å². The lowest BCUT2D eigenvalue weighted by Gasteiger charge is -2.28. The number of ketones is 1. The first kappa shape index (κ1) is 22.7. The number of hydrogen-bond donors (Lipinski definition) is 1. The Kier molecular flexibility index (Phi) is 7.50. The van der Waals surface area contributed by atoms with Crippen LogP contribution in [0.4, 0.5) is 0 Å². The Labute approximate surface area is 193 Å². The molecular weight excluding hydrogens is 512 g/mol. The number of aliphatic hydroxyl groups is 1. The summed E-state index contributed by atoms with van der Waals surface area (Å²) in [6.07, 6.45) is 0. The molecular formula is C23H24Br2N2O3. The maximum absolute atomic E-state index is 13.0. The van der Waals surface area contributed by atoms with Crippen molar-refractivity contribution in [1.29, 1.82) is 0 Å². The number of nitrogens with zero attached hydrogens (tertiary/aromatic N) is 2. The van der Waals surface area contributed by atoms with E-state index in [0.29, 0.717) is 18.7 Å². The number of amides is 1. The van der Waals surface area contributed by atoms with E-state index in [-0.39, 0.29) is 11.3 Å². The molecule has 1 aliphatic heterocycles. The third-order valence-electron chi connectivity index (χ3n) is 5.39. The lowest BCUT2D eigenvalue weighted by Crippen LogP contribution is -2.38. The van der Waals surface area contributed by atoms with Gasteiger partial charge < -0.3 is 14.9 Å². The molecule has 1 saturated heterocycles. The van der Waals surface area contributed by atoms with E-state index in [2.05, 4.69) is 50.6 Å². The molecule has 1 aliphatic rings. The fourth-order valence-electron chi connectivity index (χ4n) is 3.65. The van der Waals surface area contributed by atoms with Gasteiger partial charge in [-0.1, -0.05) is 70.0 Å². The number of likely N-dealkylation sites (N-methyl/N-ethyl adjacent to an activating group) is 1. The average molecular weight is 536 g/mol.